The van der Waals surface area contributed by atoms with Crippen LogP contribution >= 0.6 is 0 Å². The first-order chi connectivity index (χ1) is 6.88. The Morgan fingerprint density at radius 2 is 2.13 bits per heavy atom. The number of hydrogen-bond acceptors (Lipinski definition) is 3. The van der Waals surface area contributed by atoms with Crippen molar-refractivity contribution in [1.29, 1.82) is 0 Å². The van der Waals surface area contributed by atoms with Crippen molar-refractivity contribution in [2.45, 2.75) is 32.4 Å². The van der Waals surface area contributed by atoms with Crippen molar-refractivity contribution in [3.63, 3.8) is 0 Å². The van der Waals surface area contributed by atoms with Crippen LogP contribution in [-0.4, -0.2) is 17.3 Å². The summed E-state index contributed by atoms with van der Waals surface area (Å²) in [4.78, 5) is 0. The minimum Gasteiger partial charge on any atom is -0.491 e. The first-order valence-electron chi connectivity index (χ1n) is 5.09. The largest absolute Gasteiger partial charge is 0.491 e. The van der Waals surface area contributed by atoms with Gasteiger partial charge in [-0.2, -0.15) is 0 Å². The van der Waals surface area contributed by atoms with E-state index in [0.29, 0.717) is 0 Å². The summed E-state index contributed by atoms with van der Waals surface area (Å²) in [5, 5.41) is 9.51. The van der Waals surface area contributed by atoms with Crippen LogP contribution in [0.3, 0.4) is 0 Å². The van der Waals surface area contributed by atoms with Crippen LogP contribution in [-0.2, 0) is 0 Å². The maximum atomic E-state index is 9.51. The van der Waals surface area contributed by atoms with Crippen molar-refractivity contribution in [2.75, 3.05) is 6.61 Å². The van der Waals surface area contributed by atoms with Gasteiger partial charge in [-0.05, 0) is 38.5 Å². The van der Waals surface area contributed by atoms with Gasteiger partial charge in [-0.3, -0.25) is 0 Å². The second-order valence-electron chi connectivity index (χ2n) is 4.46. The van der Waals surface area contributed by atoms with Crippen molar-refractivity contribution in [3.8, 4) is 5.75 Å². The molecule has 0 bridgehead atoms. The molecular weight excluding hydrogens is 190 g/mol. The Hall–Kier alpha value is -1.06. The third kappa shape index (κ3) is 4.32. The highest BCUT2D eigenvalue weighted by Crippen LogP contribution is 2.18. The average Bonchev–Trinajstić information content (AvgIpc) is 2.14. The van der Waals surface area contributed by atoms with E-state index in [1.807, 2.05) is 31.2 Å². The maximum Gasteiger partial charge on any atom is 0.119 e. The number of ether oxygens (including phenoxy) is 1. The van der Waals surface area contributed by atoms with Crippen LogP contribution in [0.15, 0.2) is 24.3 Å². The maximum absolute atomic E-state index is 9.51. The Morgan fingerprint density at radius 1 is 1.47 bits per heavy atom. The monoisotopic (exact) mass is 209 g/mol. The van der Waals surface area contributed by atoms with Crippen LogP contribution in [0.5, 0.6) is 5.75 Å². The molecule has 0 fully saturated rings. The summed E-state index contributed by atoms with van der Waals surface area (Å²) in [6.45, 7) is 5.62. The van der Waals surface area contributed by atoms with Crippen LogP contribution < -0.4 is 10.5 Å². The van der Waals surface area contributed by atoms with E-state index in [4.69, 9.17) is 10.5 Å². The minimum atomic E-state index is -0.815. The van der Waals surface area contributed by atoms with Gasteiger partial charge >= 0.3 is 0 Å². The standard InChI is InChI=1S/C12H19NO2/c1-9(13)10-5-4-6-11(7-10)15-8-12(2,3)14/h4-7,9,14H,8,13H2,1-3H3/t9-/m1/s1. The average molecular weight is 209 g/mol. The Bertz CT molecular complexity index is 316. The SMILES string of the molecule is C[C@@H](N)c1cccc(OCC(C)(C)O)c1. The highest BCUT2D eigenvalue weighted by molar-refractivity contribution is 5.30. The third-order valence-electron chi connectivity index (χ3n) is 1.98. The fraction of sp³-hybridized carbons (Fsp3) is 0.500. The van der Waals surface area contributed by atoms with Gasteiger partial charge in [-0.25, -0.2) is 0 Å². The Balaban J connectivity index is 2.66. The zero-order chi connectivity index (χ0) is 11.5. The van der Waals surface area contributed by atoms with Gasteiger partial charge in [0.05, 0.1) is 5.60 Å². The Kier molecular flexibility index (Phi) is 3.72. The fourth-order valence-corrected chi connectivity index (χ4v) is 1.15. The van der Waals surface area contributed by atoms with E-state index >= 15 is 0 Å². The van der Waals surface area contributed by atoms with Crippen molar-refractivity contribution in [1.82, 2.24) is 0 Å². The number of nitrogens with two attached hydrogens (primary N) is 1. The molecule has 0 heterocycles. The third-order valence-corrected chi connectivity index (χ3v) is 1.98. The molecule has 1 aromatic rings. The van der Waals surface area contributed by atoms with Crippen LogP contribution in [0.4, 0.5) is 0 Å². The second kappa shape index (κ2) is 4.64. The molecule has 3 N–H and O–H groups in total. The number of benzene rings is 1. The van der Waals surface area contributed by atoms with Gasteiger partial charge in [-0.15, -0.1) is 0 Å². The van der Waals surface area contributed by atoms with Crippen LogP contribution in [0, 0.1) is 0 Å². The molecule has 0 aliphatic carbocycles. The highest BCUT2D eigenvalue weighted by Gasteiger charge is 2.13. The molecule has 1 aromatic carbocycles. The van der Waals surface area contributed by atoms with Gasteiger partial charge in [0.1, 0.15) is 12.4 Å². The molecule has 3 nitrogen and oxygen atoms in total. The normalized spacial score (nSPS) is 13.7. The molecule has 0 aromatic heterocycles. The fourth-order valence-electron chi connectivity index (χ4n) is 1.15. The second-order valence-corrected chi connectivity index (χ2v) is 4.46. The van der Waals surface area contributed by atoms with Gasteiger partial charge in [0.15, 0.2) is 0 Å². The number of aliphatic hydroxyl groups is 1. The molecule has 0 amide bonds. The molecule has 0 saturated heterocycles. The Labute approximate surface area is 90.9 Å². The molecule has 15 heavy (non-hydrogen) atoms. The summed E-state index contributed by atoms with van der Waals surface area (Å²) in [5.74, 6) is 0.743. The lowest BCUT2D eigenvalue weighted by molar-refractivity contribution is 0.0284. The molecule has 0 radical (unpaired) electrons. The highest BCUT2D eigenvalue weighted by atomic mass is 16.5. The van der Waals surface area contributed by atoms with Crippen LogP contribution in [0.25, 0.3) is 0 Å². The Morgan fingerprint density at radius 3 is 2.67 bits per heavy atom. The lowest BCUT2D eigenvalue weighted by Gasteiger charge is -2.18. The lowest BCUT2D eigenvalue weighted by Crippen LogP contribution is -2.27. The molecule has 0 saturated carbocycles. The summed E-state index contributed by atoms with van der Waals surface area (Å²) < 4.78 is 5.46. The molecule has 0 spiro atoms. The van der Waals surface area contributed by atoms with E-state index in [2.05, 4.69) is 0 Å². The molecular formula is C12H19NO2. The van der Waals surface area contributed by atoms with E-state index in [0.717, 1.165) is 11.3 Å². The molecule has 1 rings (SSSR count). The van der Waals surface area contributed by atoms with Crippen molar-refractivity contribution >= 4 is 0 Å². The zero-order valence-corrected chi connectivity index (χ0v) is 9.53. The molecule has 3 heteroatoms. The predicted octanol–water partition coefficient (Wildman–Crippen LogP) is 1.86. The molecule has 0 aliphatic heterocycles. The summed E-state index contributed by atoms with van der Waals surface area (Å²) in [5.41, 5.74) is 5.98. The summed E-state index contributed by atoms with van der Waals surface area (Å²) >= 11 is 0. The van der Waals surface area contributed by atoms with E-state index in [1.54, 1.807) is 13.8 Å². The predicted molar refractivity (Wildman–Crippen MR) is 60.8 cm³/mol. The van der Waals surface area contributed by atoms with Gasteiger partial charge in [0.2, 0.25) is 0 Å². The molecule has 84 valence electrons. The van der Waals surface area contributed by atoms with E-state index in [9.17, 15) is 5.11 Å². The van der Waals surface area contributed by atoms with E-state index in [-0.39, 0.29) is 12.6 Å². The smallest absolute Gasteiger partial charge is 0.119 e. The van der Waals surface area contributed by atoms with Crippen molar-refractivity contribution in [3.05, 3.63) is 29.8 Å². The van der Waals surface area contributed by atoms with Crippen LogP contribution in [0.2, 0.25) is 0 Å². The first-order valence-corrected chi connectivity index (χ1v) is 5.09. The topological polar surface area (TPSA) is 55.5 Å². The molecule has 1 atom stereocenters. The quantitative estimate of drug-likeness (QED) is 0.795. The number of hydrogen-bond donors (Lipinski definition) is 2. The number of rotatable bonds is 4. The minimum absolute atomic E-state index is 0.00399. The lowest BCUT2D eigenvalue weighted by atomic mass is 10.1. The van der Waals surface area contributed by atoms with Gasteiger partial charge in [0.25, 0.3) is 0 Å². The molecule has 0 unspecified atom stereocenters. The van der Waals surface area contributed by atoms with Crippen molar-refractivity contribution < 1.29 is 9.84 Å². The van der Waals surface area contributed by atoms with Gasteiger partial charge in [-0.1, -0.05) is 12.1 Å². The zero-order valence-electron chi connectivity index (χ0n) is 9.53. The van der Waals surface area contributed by atoms with E-state index in [1.165, 1.54) is 0 Å². The first kappa shape index (κ1) is 12.0. The van der Waals surface area contributed by atoms with Gasteiger partial charge < -0.3 is 15.6 Å². The summed E-state index contributed by atoms with van der Waals surface area (Å²) in [6, 6.07) is 7.62. The summed E-state index contributed by atoms with van der Waals surface area (Å²) in [6.07, 6.45) is 0. The molecule has 0 aliphatic rings. The van der Waals surface area contributed by atoms with Crippen LogP contribution in [0.1, 0.15) is 32.4 Å². The van der Waals surface area contributed by atoms with E-state index < -0.39 is 5.60 Å². The van der Waals surface area contributed by atoms with Gasteiger partial charge in [0, 0.05) is 6.04 Å². The van der Waals surface area contributed by atoms with Crippen molar-refractivity contribution in [2.24, 2.45) is 5.73 Å². The summed E-state index contributed by atoms with van der Waals surface area (Å²) in [7, 11) is 0.